The van der Waals surface area contributed by atoms with Crippen molar-refractivity contribution < 1.29 is 61.9 Å². The number of nitrogens with one attached hydrogen (secondary N) is 1. The van der Waals surface area contributed by atoms with Crippen LogP contribution in [0.2, 0.25) is 0 Å². The van der Waals surface area contributed by atoms with Crippen LogP contribution in [0.4, 0.5) is 4.79 Å². The van der Waals surface area contributed by atoms with Gasteiger partial charge in [-0.2, -0.15) is 0 Å². The van der Waals surface area contributed by atoms with Crippen LogP contribution in [0.5, 0.6) is 0 Å². The normalized spacial score (nSPS) is 33.3. The van der Waals surface area contributed by atoms with Crippen LogP contribution in [-0.2, 0) is 52.3 Å². The molecular weight excluding hydrogens is 606 g/mol. The second-order valence-corrected chi connectivity index (χ2v) is 11.9. The Morgan fingerprint density at radius 1 is 1.02 bits per heavy atom. The third kappa shape index (κ3) is 7.61. The number of ether oxygens (including phenoxy) is 8. The summed E-state index contributed by atoms with van der Waals surface area (Å²) < 4.78 is 46.3. The summed E-state index contributed by atoms with van der Waals surface area (Å²) in [5.41, 5.74) is 0.426. The van der Waals surface area contributed by atoms with Gasteiger partial charge in [-0.3, -0.25) is 9.59 Å². The van der Waals surface area contributed by atoms with Gasteiger partial charge in [-0.25, -0.2) is 14.4 Å². The average molecular weight is 650 g/mol. The second kappa shape index (κ2) is 14.8. The first kappa shape index (κ1) is 35.1. The zero-order valence-electron chi connectivity index (χ0n) is 27.1. The van der Waals surface area contributed by atoms with Crippen LogP contribution in [0.15, 0.2) is 30.3 Å². The van der Waals surface area contributed by atoms with E-state index in [2.05, 4.69) is 5.32 Å². The summed E-state index contributed by atoms with van der Waals surface area (Å²) in [6.07, 6.45) is -6.89. The average Bonchev–Trinajstić information content (AvgIpc) is 3.40. The zero-order chi connectivity index (χ0) is 33.8. The molecule has 46 heavy (non-hydrogen) atoms. The smallest absolute Gasteiger partial charge is 0.407 e. The van der Waals surface area contributed by atoms with Crippen molar-refractivity contribution in [2.24, 2.45) is 11.8 Å². The van der Waals surface area contributed by atoms with Gasteiger partial charge in [0.2, 0.25) is 0 Å². The van der Waals surface area contributed by atoms with Crippen LogP contribution in [0.3, 0.4) is 0 Å². The molecule has 0 aromatic heterocycles. The van der Waals surface area contributed by atoms with E-state index in [0.29, 0.717) is 5.56 Å². The Kier molecular flexibility index (Phi) is 11.3. The predicted octanol–water partition coefficient (Wildman–Crippen LogP) is 2.70. The molecule has 3 saturated heterocycles. The third-order valence-electron chi connectivity index (χ3n) is 8.82. The van der Waals surface area contributed by atoms with Crippen molar-refractivity contribution >= 4 is 30.0 Å². The number of alkyl carbamates (subject to hydrolysis) is 1. The van der Waals surface area contributed by atoms with Crippen LogP contribution < -0.4 is 5.32 Å². The number of benzene rings is 1. The molecule has 3 aliphatic rings. The highest BCUT2D eigenvalue weighted by molar-refractivity contribution is 5.89. The van der Waals surface area contributed by atoms with Gasteiger partial charge >= 0.3 is 30.0 Å². The number of carbonyl (C=O) groups excluding carboxylic acids is 5. The number of hydrogen-bond donors (Lipinski definition) is 1. The van der Waals surface area contributed by atoms with Crippen molar-refractivity contribution in [1.82, 2.24) is 5.32 Å². The molecule has 1 N–H and O–H groups in total. The molecule has 1 amide bonds. The zero-order valence-corrected chi connectivity index (χ0v) is 27.1. The van der Waals surface area contributed by atoms with Crippen LogP contribution in [-0.4, -0.2) is 98.2 Å². The van der Waals surface area contributed by atoms with E-state index in [1.807, 2.05) is 19.9 Å². The molecule has 3 fully saturated rings. The molecule has 3 unspecified atom stereocenters. The fraction of sp³-hybridized carbons (Fsp3) is 0.656. The quantitative estimate of drug-likeness (QED) is 0.274. The second-order valence-electron chi connectivity index (χ2n) is 11.9. The SMILES string of the molecule is CC[C@@H](OC(C)=O)[C@@H](OC(C)=O)C1O[C@@](OCC2O[C@@H](C)C(OC(=O)c3ccccc3)[C@@H](C)[C@H]2C)(C(=O)OC)C[C@H]2OC(=O)N[C@@H]12. The first-order chi connectivity index (χ1) is 21.8. The van der Waals surface area contributed by atoms with Gasteiger partial charge in [0.05, 0.1) is 44.0 Å². The Bertz CT molecular complexity index is 1270. The molecule has 0 radical (unpaired) electrons. The summed E-state index contributed by atoms with van der Waals surface area (Å²) >= 11 is 0. The van der Waals surface area contributed by atoms with Crippen LogP contribution in [0.25, 0.3) is 0 Å². The van der Waals surface area contributed by atoms with E-state index < -0.39 is 84.5 Å². The van der Waals surface area contributed by atoms with Gasteiger partial charge in [0, 0.05) is 19.8 Å². The molecule has 1 aromatic carbocycles. The Morgan fingerprint density at radius 2 is 1.70 bits per heavy atom. The first-order valence-corrected chi connectivity index (χ1v) is 15.4. The lowest BCUT2D eigenvalue weighted by molar-refractivity contribution is -0.317. The molecule has 4 rings (SSSR count). The van der Waals surface area contributed by atoms with Gasteiger partial charge in [0.1, 0.15) is 24.4 Å². The van der Waals surface area contributed by atoms with Crippen molar-refractivity contribution in [2.45, 2.75) is 109 Å². The molecule has 3 aliphatic heterocycles. The molecule has 254 valence electrons. The van der Waals surface area contributed by atoms with Gasteiger partial charge < -0.3 is 43.2 Å². The molecule has 0 saturated carbocycles. The number of esters is 4. The summed E-state index contributed by atoms with van der Waals surface area (Å²) in [4.78, 5) is 62.8. The van der Waals surface area contributed by atoms with Gasteiger partial charge in [0.15, 0.2) is 6.10 Å². The largest absolute Gasteiger partial charge is 0.465 e. The summed E-state index contributed by atoms with van der Waals surface area (Å²) in [5, 5.41) is 2.65. The van der Waals surface area contributed by atoms with Crippen LogP contribution in [0, 0.1) is 11.8 Å². The van der Waals surface area contributed by atoms with E-state index in [4.69, 9.17) is 37.9 Å². The van der Waals surface area contributed by atoms with Crippen molar-refractivity contribution in [3.8, 4) is 0 Å². The number of carbonyl (C=O) groups is 5. The summed E-state index contributed by atoms with van der Waals surface area (Å²) in [6, 6.07) is 7.78. The molecule has 14 heteroatoms. The Labute approximate surface area is 267 Å². The molecular formula is C32H43NO13. The lowest BCUT2D eigenvalue weighted by Gasteiger charge is -2.47. The minimum Gasteiger partial charge on any atom is -0.465 e. The molecule has 0 bridgehead atoms. The van der Waals surface area contributed by atoms with E-state index in [9.17, 15) is 24.0 Å². The van der Waals surface area contributed by atoms with Gasteiger partial charge in [-0.1, -0.05) is 39.0 Å². The van der Waals surface area contributed by atoms with E-state index >= 15 is 0 Å². The fourth-order valence-electron chi connectivity index (χ4n) is 6.31. The number of fused-ring (bicyclic) bond motifs is 1. The van der Waals surface area contributed by atoms with E-state index in [-0.39, 0.29) is 31.3 Å². The lowest BCUT2D eigenvalue weighted by atomic mass is 9.81. The van der Waals surface area contributed by atoms with Gasteiger partial charge in [-0.05, 0) is 31.4 Å². The minimum atomic E-state index is -2.12. The van der Waals surface area contributed by atoms with Crippen molar-refractivity contribution in [3.05, 3.63) is 35.9 Å². The monoisotopic (exact) mass is 649 g/mol. The Balaban J connectivity index is 1.57. The highest BCUT2D eigenvalue weighted by Gasteiger charge is 2.61. The van der Waals surface area contributed by atoms with E-state index in [1.165, 1.54) is 13.8 Å². The Morgan fingerprint density at radius 3 is 2.30 bits per heavy atom. The van der Waals surface area contributed by atoms with Crippen molar-refractivity contribution in [1.29, 1.82) is 0 Å². The Hall–Kier alpha value is -3.75. The van der Waals surface area contributed by atoms with Crippen LogP contribution in [0.1, 0.15) is 64.7 Å². The molecule has 3 heterocycles. The maximum absolute atomic E-state index is 13.4. The van der Waals surface area contributed by atoms with E-state index in [0.717, 1.165) is 7.11 Å². The van der Waals surface area contributed by atoms with E-state index in [1.54, 1.807) is 38.1 Å². The summed E-state index contributed by atoms with van der Waals surface area (Å²) in [7, 11) is 1.16. The predicted molar refractivity (Wildman–Crippen MR) is 157 cm³/mol. The lowest BCUT2D eigenvalue weighted by Crippen LogP contribution is -2.66. The highest BCUT2D eigenvalue weighted by atomic mass is 16.7. The summed E-state index contributed by atoms with van der Waals surface area (Å²) in [5.74, 6) is -5.20. The minimum absolute atomic E-state index is 0.158. The maximum Gasteiger partial charge on any atom is 0.407 e. The molecule has 0 spiro atoms. The first-order valence-electron chi connectivity index (χ1n) is 15.4. The molecule has 0 aliphatic carbocycles. The maximum atomic E-state index is 13.4. The van der Waals surface area contributed by atoms with Crippen LogP contribution >= 0.6 is 0 Å². The third-order valence-corrected chi connectivity index (χ3v) is 8.82. The van der Waals surface area contributed by atoms with Crippen molar-refractivity contribution in [3.63, 3.8) is 0 Å². The summed E-state index contributed by atoms with van der Waals surface area (Å²) in [6.45, 7) is 9.60. The molecule has 1 aromatic rings. The van der Waals surface area contributed by atoms with Gasteiger partial charge in [0.25, 0.3) is 5.79 Å². The standard InChI is InChI=1S/C32H43NO13/c1-8-22(42-19(5)34)27(43-20(6)35)28-25-23(44-31(38)33-25)14-32(46-28,30(37)39-7)40-15-24-16(2)17(3)26(18(4)41-24)45-29(36)21-12-10-9-11-13-21/h9-13,16-18,22-28H,8,14-15H2,1-7H3,(H,33,38)/t16-,17+,18+,22-,23-,24?,25-,26?,27-,28?,32-/m1/s1. The number of methoxy groups -OCH3 is 1. The highest BCUT2D eigenvalue weighted by Crippen LogP contribution is 2.40. The number of rotatable bonds is 11. The topological polar surface area (TPSA) is 171 Å². The molecule has 11 atom stereocenters. The number of amides is 1. The number of hydrogen-bond acceptors (Lipinski definition) is 13. The molecule has 14 nitrogen and oxygen atoms in total. The van der Waals surface area contributed by atoms with Gasteiger partial charge in [-0.15, -0.1) is 0 Å². The fourth-order valence-corrected chi connectivity index (χ4v) is 6.31. The van der Waals surface area contributed by atoms with Crippen molar-refractivity contribution in [2.75, 3.05) is 13.7 Å².